The number of urea groups is 1. The van der Waals surface area contributed by atoms with E-state index in [0.717, 1.165) is 24.1 Å². The quantitative estimate of drug-likeness (QED) is 0.365. The molecule has 1 aliphatic heterocycles. The lowest BCUT2D eigenvalue weighted by atomic mass is 10.0. The van der Waals surface area contributed by atoms with Crippen LogP contribution in [0.1, 0.15) is 50.1 Å². The van der Waals surface area contributed by atoms with Crippen molar-refractivity contribution in [3.8, 4) is 11.1 Å². The topological polar surface area (TPSA) is 58.4 Å². The number of oxazole rings is 1. The third-order valence-corrected chi connectivity index (χ3v) is 6.22. The van der Waals surface area contributed by atoms with Crippen LogP contribution in [0, 0.1) is 5.82 Å². The number of hydrogen-bond acceptors (Lipinski definition) is 3. The second kappa shape index (κ2) is 8.70. The van der Waals surface area contributed by atoms with Crippen LogP contribution in [-0.2, 0) is 0 Å². The highest BCUT2D eigenvalue weighted by atomic mass is 19.1. The molecule has 0 saturated carbocycles. The van der Waals surface area contributed by atoms with Gasteiger partial charge in [0, 0.05) is 17.8 Å². The van der Waals surface area contributed by atoms with Crippen molar-refractivity contribution in [1.29, 1.82) is 0 Å². The number of nitrogens with one attached hydrogen (secondary N) is 1. The second-order valence-electron chi connectivity index (χ2n) is 8.77. The summed E-state index contributed by atoms with van der Waals surface area (Å²) in [6.07, 6.45) is 1.66. The summed E-state index contributed by atoms with van der Waals surface area (Å²) in [6, 6.07) is 19.7. The summed E-state index contributed by atoms with van der Waals surface area (Å²) >= 11 is 0. The number of carbonyl (C=O) groups excluding carboxylic acids is 1. The number of halogens is 1. The molecule has 0 radical (unpaired) electrons. The summed E-state index contributed by atoms with van der Waals surface area (Å²) in [6.45, 7) is 4.92. The lowest BCUT2D eigenvalue weighted by Crippen LogP contribution is -2.34. The van der Waals surface area contributed by atoms with E-state index in [1.807, 2.05) is 48.5 Å². The van der Waals surface area contributed by atoms with Crippen LogP contribution in [0.15, 0.2) is 71.1 Å². The normalized spacial score (nSPS) is 16.0. The van der Waals surface area contributed by atoms with Gasteiger partial charge in [0.15, 0.2) is 5.58 Å². The molecule has 1 N–H and O–H groups in total. The molecule has 1 saturated heterocycles. The summed E-state index contributed by atoms with van der Waals surface area (Å²) < 4.78 is 20.2. The van der Waals surface area contributed by atoms with Crippen LogP contribution in [0.5, 0.6) is 0 Å². The van der Waals surface area contributed by atoms with Gasteiger partial charge in [-0.05, 0) is 60.2 Å². The van der Waals surface area contributed by atoms with E-state index < -0.39 is 0 Å². The van der Waals surface area contributed by atoms with E-state index in [0.29, 0.717) is 35.0 Å². The van der Waals surface area contributed by atoms with Gasteiger partial charge in [0.1, 0.15) is 17.4 Å². The first-order chi connectivity index (χ1) is 16.0. The zero-order chi connectivity index (χ0) is 22.9. The van der Waals surface area contributed by atoms with E-state index in [4.69, 9.17) is 4.42 Å². The van der Waals surface area contributed by atoms with Crippen molar-refractivity contribution in [2.24, 2.45) is 0 Å². The fourth-order valence-electron chi connectivity index (χ4n) is 4.36. The summed E-state index contributed by atoms with van der Waals surface area (Å²) in [5.74, 6) is 0.676. The molecule has 1 aromatic heterocycles. The molecule has 1 fully saturated rings. The Kier molecular flexibility index (Phi) is 5.58. The molecule has 0 unspecified atom stereocenters. The Hall–Kier alpha value is -3.67. The van der Waals surface area contributed by atoms with Crippen LogP contribution in [0.4, 0.5) is 14.9 Å². The molecular weight excluding hydrogens is 417 g/mol. The van der Waals surface area contributed by atoms with Crippen LogP contribution < -0.4 is 5.32 Å². The molecule has 168 valence electrons. The summed E-state index contributed by atoms with van der Waals surface area (Å²) in [5, 5.41) is 3.00. The summed E-state index contributed by atoms with van der Waals surface area (Å²) in [5.41, 5.74) is 4.54. The number of carbonyl (C=O) groups is 1. The van der Waals surface area contributed by atoms with Crippen molar-refractivity contribution < 1.29 is 13.6 Å². The van der Waals surface area contributed by atoms with Crippen LogP contribution in [0.25, 0.3) is 22.2 Å². The smallest absolute Gasteiger partial charge is 0.322 e. The predicted molar refractivity (Wildman–Crippen MR) is 128 cm³/mol. The molecule has 5 nitrogen and oxygen atoms in total. The Labute approximate surface area is 192 Å². The SMILES string of the molecule is CC(C)c1ccc(NC(=O)N2CCC[C@H]2c2nc3cc(-c4ccccc4F)ccc3o2)cc1. The summed E-state index contributed by atoms with van der Waals surface area (Å²) in [7, 11) is 0. The van der Waals surface area contributed by atoms with E-state index >= 15 is 0 Å². The largest absolute Gasteiger partial charge is 0.438 e. The molecule has 33 heavy (non-hydrogen) atoms. The number of likely N-dealkylation sites (tertiary alicyclic amines) is 1. The number of anilines is 1. The molecular formula is C27H26FN3O2. The number of aromatic nitrogens is 1. The van der Waals surface area contributed by atoms with Gasteiger partial charge in [0.25, 0.3) is 0 Å². The van der Waals surface area contributed by atoms with Gasteiger partial charge in [0.2, 0.25) is 5.89 Å². The van der Waals surface area contributed by atoms with Gasteiger partial charge in [-0.25, -0.2) is 14.2 Å². The third kappa shape index (κ3) is 4.21. The molecule has 0 spiro atoms. The van der Waals surface area contributed by atoms with E-state index in [2.05, 4.69) is 24.1 Å². The van der Waals surface area contributed by atoms with Crippen molar-refractivity contribution in [3.05, 3.63) is 84.0 Å². The fraction of sp³-hybridized carbons (Fsp3) is 0.259. The molecule has 0 aliphatic carbocycles. The Morgan fingerprint density at radius 1 is 1.12 bits per heavy atom. The highest BCUT2D eigenvalue weighted by molar-refractivity contribution is 5.90. The Morgan fingerprint density at radius 2 is 1.91 bits per heavy atom. The molecule has 5 rings (SSSR count). The Balaban J connectivity index is 1.37. The van der Waals surface area contributed by atoms with Gasteiger partial charge in [-0.1, -0.05) is 50.2 Å². The van der Waals surface area contributed by atoms with Crippen molar-refractivity contribution in [2.75, 3.05) is 11.9 Å². The van der Waals surface area contributed by atoms with Crippen LogP contribution in [0.3, 0.4) is 0 Å². The molecule has 4 aromatic rings. The van der Waals surface area contributed by atoms with Crippen molar-refractivity contribution in [1.82, 2.24) is 9.88 Å². The number of nitrogens with zero attached hydrogens (tertiary/aromatic N) is 2. The maximum absolute atomic E-state index is 14.2. The van der Waals surface area contributed by atoms with E-state index in [9.17, 15) is 9.18 Å². The molecule has 1 aliphatic rings. The molecule has 2 heterocycles. The Morgan fingerprint density at radius 3 is 2.67 bits per heavy atom. The van der Waals surface area contributed by atoms with Gasteiger partial charge >= 0.3 is 6.03 Å². The Bertz CT molecular complexity index is 1300. The first kappa shape index (κ1) is 21.2. The van der Waals surface area contributed by atoms with Gasteiger partial charge in [-0.3, -0.25) is 0 Å². The van der Waals surface area contributed by atoms with Crippen LogP contribution in [-0.4, -0.2) is 22.5 Å². The fourth-order valence-corrected chi connectivity index (χ4v) is 4.36. The first-order valence-electron chi connectivity index (χ1n) is 11.3. The monoisotopic (exact) mass is 443 g/mol. The summed E-state index contributed by atoms with van der Waals surface area (Å²) in [4.78, 5) is 19.5. The minimum atomic E-state index is -0.277. The number of rotatable bonds is 4. The standard InChI is InChI=1S/C27H26FN3O2/c1-17(2)18-9-12-20(13-10-18)29-27(32)31-15-5-8-24(31)26-30-23-16-19(11-14-25(23)33-26)21-6-3-4-7-22(21)28/h3-4,6-7,9-14,16-17,24H,5,8,15H2,1-2H3,(H,29,32)/t24-/m0/s1. The number of fused-ring (bicyclic) bond motifs is 1. The second-order valence-corrected chi connectivity index (χ2v) is 8.77. The van der Waals surface area contributed by atoms with Gasteiger partial charge in [-0.2, -0.15) is 0 Å². The minimum absolute atomic E-state index is 0.163. The van der Waals surface area contributed by atoms with E-state index in [-0.39, 0.29) is 17.9 Å². The van der Waals surface area contributed by atoms with E-state index in [1.165, 1.54) is 11.6 Å². The zero-order valence-electron chi connectivity index (χ0n) is 18.7. The van der Waals surface area contributed by atoms with Crippen molar-refractivity contribution in [3.63, 3.8) is 0 Å². The average molecular weight is 444 g/mol. The highest BCUT2D eigenvalue weighted by Crippen LogP contribution is 2.35. The van der Waals surface area contributed by atoms with Gasteiger partial charge in [-0.15, -0.1) is 0 Å². The van der Waals surface area contributed by atoms with E-state index in [1.54, 1.807) is 17.0 Å². The predicted octanol–water partition coefficient (Wildman–Crippen LogP) is 7.13. The van der Waals surface area contributed by atoms with Crippen LogP contribution in [0.2, 0.25) is 0 Å². The zero-order valence-corrected chi connectivity index (χ0v) is 18.7. The van der Waals surface area contributed by atoms with Gasteiger partial charge in [0.05, 0.1) is 0 Å². The lowest BCUT2D eigenvalue weighted by molar-refractivity contribution is 0.199. The number of amides is 2. The molecule has 2 amide bonds. The minimum Gasteiger partial charge on any atom is -0.438 e. The van der Waals surface area contributed by atoms with Crippen LogP contribution >= 0.6 is 0 Å². The highest BCUT2D eigenvalue weighted by Gasteiger charge is 2.33. The number of hydrogen-bond donors (Lipinski definition) is 1. The third-order valence-electron chi connectivity index (χ3n) is 6.22. The maximum Gasteiger partial charge on any atom is 0.322 e. The molecule has 1 atom stereocenters. The van der Waals surface area contributed by atoms with Crippen molar-refractivity contribution in [2.45, 2.75) is 38.6 Å². The van der Waals surface area contributed by atoms with Crippen molar-refractivity contribution >= 4 is 22.8 Å². The maximum atomic E-state index is 14.2. The molecule has 0 bridgehead atoms. The molecule has 6 heteroatoms. The number of benzene rings is 3. The molecule has 3 aromatic carbocycles. The average Bonchev–Trinajstić information content (AvgIpc) is 3.46. The first-order valence-corrected chi connectivity index (χ1v) is 11.3. The lowest BCUT2D eigenvalue weighted by Gasteiger charge is -2.22. The van der Waals surface area contributed by atoms with Gasteiger partial charge < -0.3 is 14.6 Å².